The van der Waals surface area contributed by atoms with Crippen molar-refractivity contribution in [2.45, 2.75) is 50.7 Å². The second kappa shape index (κ2) is 14.6. The van der Waals surface area contributed by atoms with Crippen molar-refractivity contribution in [2.75, 3.05) is 32.8 Å². The smallest absolute Gasteiger partial charge is 0.294 e. The topological polar surface area (TPSA) is 162 Å². The minimum Gasteiger partial charge on any atom is -0.486 e. The second-order valence-electron chi connectivity index (χ2n) is 14.5. The van der Waals surface area contributed by atoms with E-state index in [1.165, 1.54) is 17.7 Å². The molecule has 3 aliphatic rings. The maximum atomic E-state index is 13.7. The summed E-state index contributed by atoms with van der Waals surface area (Å²) in [7, 11) is -4.32. The third-order valence-corrected chi connectivity index (χ3v) is 11.2. The third-order valence-electron chi connectivity index (χ3n) is 10.3. The number of ether oxygens (including phenoxy) is 4. The fraction of sp³-hybridized carbons (Fsp3) is 0.286. The fourth-order valence-electron chi connectivity index (χ4n) is 7.66. The number of nitrogens with zero attached hydrogens (tertiary/aromatic N) is 3. The number of H-pyrrole nitrogens is 1. The van der Waals surface area contributed by atoms with E-state index in [2.05, 4.69) is 25.9 Å². The molecule has 294 valence electrons. The van der Waals surface area contributed by atoms with Crippen LogP contribution in [0.25, 0.3) is 38.7 Å². The molecule has 2 N–H and O–H groups in total. The van der Waals surface area contributed by atoms with E-state index in [1.54, 1.807) is 43.3 Å². The largest absolute Gasteiger partial charge is 0.486 e. The van der Waals surface area contributed by atoms with Gasteiger partial charge >= 0.3 is 0 Å². The van der Waals surface area contributed by atoms with Gasteiger partial charge in [-0.15, -0.1) is 0 Å². The maximum Gasteiger partial charge on any atom is 0.294 e. The Labute approximate surface area is 326 Å². The maximum absolute atomic E-state index is 13.7. The lowest BCUT2D eigenvalue weighted by atomic mass is 9.98. The Morgan fingerprint density at radius 1 is 0.860 bits per heavy atom. The molecule has 0 aliphatic carbocycles. The lowest BCUT2D eigenvalue weighted by Crippen LogP contribution is -2.42. The van der Waals surface area contributed by atoms with E-state index in [1.807, 2.05) is 32.2 Å². The lowest BCUT2D eigenvalue weighted by Gasteiger charge is -2.32. The molecule has 0 spiro atoms. The molecule has 7 aromatic rings. The fourth-order valence-corrected chi connectivity index (χ4v) is 8.38. The molecule has 0 amide bonds. The number of oxazole rings is 2. The molecule has 0 radical (unpaired) electrons. The molecular formula is C42H39FN4O9S. The van der Waals surface area contributed by atoms with Gasteiger partial charge in [0.1, 0.15) is 42.3 Å². The van der Waals surface area contributed by atoms with Crippen LogP contribution in [-0.4, -0.2) is 77.9 Å². The van der Waals surface area contributed by atoms with Gasteiger partial charge in [-0.25, -0.2) is 14.4 Å². The zero-order valence-electron chi connectivity index (χ0n) is 31.4. The molecule has 15 heteroatoms. The summed E-state index contributed by atoms with van der Waals surface area (Å²) in [5.74, 6) is 3.28. The summed E-state index contributed by atoms with van der Waals surface area (Å²) in [6, 6.07) is 17.0. The zero-order chi connectivity index (χ0) is 39.4. The highest BCUT2D eigenvalue weighted by atomic mass is 32.2. The van der Waals surface area contributed by atoms with E-state index in [0.717, 1.165) is 53.6 Å². The first-order valence-corrected chi connectivity index (χ1v) is 20.0. The molecule has 0 saturated carbocycles. The van der Waals surface area contributed by atoms with Gasteiger partial charge in [0.15, 0.2) is 23.3 Å². The molecular weight excluding hydrogens is 756 g/mol. The summed E-state index contributed by atoms with van der Waals surface area (Å²) < 4.78 is 81.8. The minimum absolute atomic E-state index is 0.0827. The first-order valence-electron chi connectivity index (χ1n) is 18.6. The van der Waals surface area contributed by atoms with Gasteiger partial charge in [0.05, 0.1) is 4.90 Å². The first-order chi connectivity index (χ1) is 27.4. The predicted molar refractivity (Wildman–Crippen MR) is 209 cm³/mol. The van der Waals surface area contributed by atoms with E-state index < -0.39 is 16.2 Å². The van der Waals surface area contributed by atoms with Gasteiger partial charge in [-0.1, -0.05) is 23.8 Å². The number of halogens is 1. The van der Waals surface area contributed by atoms with Crippen molar-refractivity contribution >= 4 is 48.8 Å². The molecule has 3 aromatic heterocycles. The SMILES string of the molecule is Cc1ccc(S(=O)(=O)O)c(C[C@@H]2COc3ccc4nc(C)oc4c3O2)c1.Cc1nc2ccc3c(c2o1)OC(CN1CC=C(c2c[nH]c4ccc(F)cc24)CC1)CO3. The molecule has 4 aromatic carbocycles. The molecule has 0 fully saturated rings. The van der Waals surface area contributed by atoms with E-state index in [9.17, 15) is 17.4 Å². The predicted octanol–water partition coefficient (Wildman–Crippen LogP) is 7.76. The molecule has 0 saturated heterocycles. The standard InChI is InChI=1S/C24H22FN3O3.C18H17NO6S/c1-14-27-21-4-5-22-24(23(21)30-14)31-17(13-29-22)12-28-8-6-15(7-9-28)19-11-26-20-3-2-16(25)10-18(19)20;1-10-3-6-16(26(20,21)22)12(7-10)8-13-9-23-15-5-4-14-17(18(15)25-13)24-11(2)19-14/h2-6,10-11,17,26H,7-9,12-13H2,1H3;3-7,13H,8-9H2,1-2H3,(H,20,21,22)/t;13-/m.1/s1. The van der Waals surface area contributed by atoms with Crippen molar-refractivity contribution in [3.8, 4) is 23.0 Å². The molecule has 10 rings (SSSR count). The third kappa shape index (κ3) is 7.41. The molecule has 3 aliphatic heterocycles. The molecule has 0 bridgehead atoms. The van der Waals surface area contributed by atoms with E-state index in [0.29, 0.717) is 63.6 Å². The Morgan fingerprint density at radius 2 is 1.53 bits per heavy atom. The first kappa shape index (κ1) is 36.7. The monoisotopic (exact) mass is 794 g/mol. The van der Waals surface area contributed by atoms with E-state index in [4.69, 9.17) is 27.8 Å². The van der Waals surface area contributed by atoms with Gasteiger partial charge in [0.25, 0.3) is 10.1 Å². The second-order valence-corrected chi connectivity index (χ2v) is 15.9. The van der Waals surface area contributed by atoms with Crippen molar-refractivity contribution in [3.63, 3.8) is 0 Å². The van der Waals surface area contributed by atoms with E-state index >= 15 is 0 Å². The number of nitrogens with one attached hydrogen (secondary N) is 1. The van der Waals surface area contributed by atoms with Gasteiger partial charge in [0.2, 0.25) is 22.7 Å². The molecule has 57 heavy (non-hydrogen) atoms. The average Bonchev–Trinajstić information content (AvgIpc) is 3.90. The highest BCUT2D eigenvalue weighted by Gasteiger charge is 2.29. The van der Waals surface area contributed by atoms with Gasteiger partial charge < -0.3 is 32.8 Å². The molecule has 6 heterocycles. The normalized spacial score (nSPS) is 18.1. The minimum atomic E-state index is -4.32. The number of hydrogen-bond donors (Lipinski definition) is 2. The summed E-state index contributed by atoms with van der Waals surface area (Å²) in [4.78, 5) is 14.1. The van der Waals surface area contributed by atoms with Crippen LogP contribution in [0.5, 0.6) is 23.0 Å². The van der Waals surface area contributed by atoms with Gasteiger partial charge in [-0.2, -0.15) is 8.42 Å². The summed E-state index contributed by atoms with van der Waals surface area (Å²) in [6.07, 6.45) is 4.86. The van der Waals surface area contributed by atoms with Gasteiger partial charge in [-0.05, 0) is 73.0 Å². The van der Waals surface area contributed by atoms with Crippen molar-refractivity contribution in [1.82, 2.24) is 19.9 Å². The number of aromatic nitrogens is 3. The Morgan fingerprint density at radius 3 is 2.18 bits per heavy atom. The van der Waals surface area contributed by atoms with Crippen LogP contribution in [0.3, 0.4) is 0 Å². The van der Waals surface area contributed by atoms with Crippen LogP contribution in [0.15, 0.2) is 86.7 Å². The number of aryl methyl sites for hydroxylation is 3. The number of hydrogen-bond acceptors (Lipinski definition) is 11. The molecule has 1 unspecified atom stereocenters. The number of benzene rings is 4. The van der Waals surface area contributed by atoms with Gasteiger partial charge in [0, 0.05) is 62.6 Å². The van der Waals surface area contributed by atoms with Crippen LogP contribution in [0, 0.1) is 26.6 Å². The highest BCUT2D eigenvalue weighted by Crippen LogP contribution is 2.41. The Bertz CT molecular complexity index is 2810. The molecule has 2 atom stereocenters. The van der Waals surface area contributed by atoms with Crippen LogP contribution in [0.2, 0.25) is 0 Å². The lowest BCUT2D eigenvalue weighted by molar-refractivity contribution is 0.0621. The van der Waals surface area contributed by atoms with Crippen LogP contribution in [0.1, 0.15) is 34.9 Å². The van der Waals surface area contributed by atoms with Crippen molar-refractivity contribution in [1.29, 1.82) is 0 Å². The average molecular weight is 795 g/mol. The summed E-state index contributed by atoms with van der Waals surface area (Å²) in [5.41, 5.74) is 7.25. The quantitative estimate of drug-likeness (QED) is 0.158. The summed E-state index contributed by atoms with van der Waals surface area (Å²) in [5, 5.41) is 0.937. The summed E-state index contributed by atoms with van der Waals surface area (Å²) >= 11 is 0. The van der Waals surface area contributed by atoms with E-state index in [-0.39, 0.29) is 29.8 Å². The number of rotatable bonds is 6. The van der Waals surface area contributed by atoms with Crippen LogP contribution in [0.4, 0.5) is 4.39 Å². The number of aromatic amines is 1. The van der Waals surface area contributed by atoms with Crippen molar-refractivity contribution in [3.05, 3.63) is 107 Å². The number of fused-ring (bicyclic) bond motifs is 7. The Balaban J connectivity index is 0.000000151. The van der Waals surface area contributed by atoms with Crippen LogP contribution in [-0.2, 0) is 16.5 Å². The van der Waals surface area contributed by atoms with Gasteiger partial charge in [-0.3, -0.25) is 9.45 Å². The van der Waals surface area contributed by atoms with Crippen LogP contribution >= 0.6 is 0 Å². The Kier molecular flexibility index (Phi) is 9.38. The zero-order valence-corrected chi connectivity index (χ0v) is 32.2. The highest BCUT2D eigenvalue weighted by molar-refractivity contribution is 7.85. The summed E-state index contributed by atoms with van der Waals surface area (Å²) in [6.45, 7) is 8.67. The Hall–Kier alpha value is -5.90. The molecule has 13 nitrogen and oxygen atoms in total. The van der Waals surface area contributed by atoms with Crippen molar-refractivity contribution in [2.24, 2.45) is 0 Å². The van der Waals surface area contributed by atoms with Crippen molar-refractivity contribution < 1.29 is 45.1 Å². The van der Waals surface area contributed by atoms with Crippen LogP contribution < -0.4 is 18.9 Å².